The molecule has 0 radical (unpaired) electrons. The number of piperidine rings is 1. The molecule has 5 nitrogen and oxygen atoms in total. The first-order valence-electron chi connectivity index (χ1n) is 5.74. The predicted octanol–water partition coefficient (Wildman–Crippen LogP) is 0.0664. The third kappa shape index (κ3) is 2.82. The molecule has 0 spiro atoms. The molecule has 88 valence electrons. The molecule has 3 N–H and O–H groups in total. The van der Waals surface area contributed by atoms with E-state index in [1.54, 1.807) is 6.20 Å². The number of carbonyl (C=O) groups is 1. The maximum Gasteiger partial charge on any atom is 0.226 e. The standard InChI is InChI=1S/C11H18N4O/c1-8-2-4-12-7-10(8)14-11(16)6-9-3-5-13-15-9/h3,5,8,10,12H,2,4,6-7H2,1H3,(H,13,15)(H,14,16). The SMILES string of the molecule is CC1CCNCC1NC(=O)Cc1ccn[nH]1. The van der Waals surface area contributed by atoms with E-state index in [1.807, 2.05) is 6.07 Å². The molecule has 0 saturated carbocycles. The molecule has 2 unspecified atom stereocenters. The molecule has 1 saturated heterocycles. The Hall–Kier alpha value is -1.36. The van der Waals surface area contributed by atoms with Crippen LogP contribution in [0.15, 0.2) is 12.3 Å². The van der Waals surface area contributed by atoms with Crippen LogP contribution in [0.1, 0.15) is 19.0 Å². The molecule has 2 atom stereocenters. The van der Waals surface area contributed by atoms with Gasteiger partial charge in [0.2, 0.25) is 5.91 Å². The van der Waals surface area contributed by atoms with Gasteiger partial charge in [0.25, 0.3) is 0 Å². The molecule has 1 fully saturated rings. The highest BCUT2D eigenvalue weighted by Crippen LogP contribution is 2.11. The van der Waals surface area contributed by atoms with Gasteiger partial charge in [-0.25, -0.2) is 0 Å². The lowest BCUT2D eigenvalue weighted by Crippen LogP contribution is -2.50. The minimum absolute atomic E-state index is 0.0600. The Kier molecular flexibility index (Phi) is 3.56. The van der Waals surface area contributed by atoms with Crippen LogP contribution in [0.5, 0.6) is 0 Å². The van der Waals surface area contributed by atoms with E-state index in [1.165, 1.54) is 0 Å². The van der Waals surface area contributed by atoms with Gasteiger partial charge >= 0.3 is 0 Å². The first-order chi connectivity index (χ1) is 7.75. The molecule has 1 amide bonds. The van der Waals surface area contributed by atoms with Crippen molar-refractivity contribution in [2.24, 2.45) is 5.92 Å². The molecule has 2 rings (SSSR count). The fourth-order valence-electron chi connectivity index (χ4n) is 2.00. The molecular formula is C11H18N4O. The van der Waals surface area contributed by atoms with Crippen LogP contribution in [0, 0.1) is 5.92 Å². The molecule has 2 heterocycles. The van der Waals surface area contributed by atoms with Gasteiger partial charge in [0.15, 0.2) is 0 Å². The van der Waals surface area contributed by atoms with E-state index >= 15 is 0 Å². The van der Waals surface area contributed by atoms with E-state index in [0.717, 1.165) is 25.2 Å². The predicted molar refractivity (Wildman–Crippen MR) is 60.9 cm³/mol. The second kappa shape index (κ2) is 5.12. The van der Waals surface area contributed by atoms with E-state index in [0.29, 0.717) is 12.3 Å². The summed E-state index contributed by atoms with van der Waals surface area (Å²) in [6.45, 7) is 4.10. The Morgan fingerprint density at radius 3 is 3.25 bits per heavy atom. The topological polar surface area (TPSA) is 69.8 Å². The first kappa shape index (κ1) is 11.1. The summed E-state index contributed by atoms with van der Waals surface area (Å²) in [6, 6.07) is 2.08. The average molecular weight is 222 g/mol. The molecule has 1 aromatic heterocycles. The third-order valence-electron chi connectivity index (χ3n) is 3.08. The van der Waals surface area contributed by atoms with Crippen LogP contribution in [0.3, 0.4) is 0 Å². The van der Waals surface area contributed by atoms with Crippen LogP contribution in [-0.2, 0) is 11.2 Å². The maximum atomic E-state index is 11.7. The van der Waals surface area contributed by atoms with Gasteiger partial charge < -0.3 is 10.6 Å². The normalized spacial score (nSPS) is 25.3. The van der Waals surface area contributed by atoms with Crippen LogP contribution in [0.25, 0.3) is 0 Å². The Balaban J connectivity index is 1.82. The van der Waals surface area contributed by atoms with Crippen molar-refractivity contribution in [3.05, 3.63) is 18.0 Å². The fraction of sp³-hybridized carbons (Fsp3) is 0.636. The van der Waals surface area contributed by atoms with E-state index in [9.17, 15) is 4.79 Å². The van der Waals surface area contributed by atoms with E-state index in [-0.39, 0.29) is 11.9 Å². The van der Waals surface area contributed by atoms with Crippen LogP contribution in [0.4, 0.5) is 0 Å². The van der Waals surface area contributed by atoms with E-state index in [4.69, 9.17) is 0 Å². The van der Waals surface area contributed by atoms with Gasteiger partial charge in [-0.1, -0.05) is 6.92 Å². The quantitative estimate of drug-likeness (QED) is 0.677. The van der Waals surface area contributed by atoms with Crippen molar-refractivity contribution >= 4 is 5.91 Å². The van der Waals surface area contributed by atoms with Crippen molar-refractivity contribution in [1.29, 1.82) is 0 Å². The summed E-state index contributed by atoms with van der Waals surface area (Å²) >= 11 is 0. The molecular weight excluding hydrogens is 204 g/mol. The molecule has 0 bridgehead atoms. The largest absolute Gasteiger partial charge is 0.351 e. The number of nitrogens with one attached hydrogen (secondary N) is 3. The summed E-state index contributed by atoms with van der Waals surface area (Å²) in [7, 11) is 0. The van der Waals surface area contributed by atoms with Crippen molar-refractivity contribution in [3.63, 3.8) is 0 Å². The molecule has 0 aromatic carbocycles. The van der Waals surface area contributed by atoms with Gasteiger partial charge in [-0.15, -0.1) is 0 Å². The first-order valence-corrected chi connectivity index (χ1v) is 5.74. The number of H-pyrrole nitrogens is 1. The van der Waals surface area contributed by atoms with Crippen LogP contribution < -0.4 is 10.6 Å². The highest BCUT2D eigenvalue weighted by atomic mass is 16.1. The fourth-order valence-corrected chi connectivity index (χ4v) is 2.00. The smallest absolute Gasteiger partial charge is 0.226 e. The molecule has 1 aliphatic heterocycles. The van der Waals surface area contributed by atoms with Crippen molar-refractivity contribution < 1.29 is 4.79 Å². The summed E-state index contributed by atoms with van der Waals surface area (Å²) < 4.78 is 0. The zero-order chi connectivity index (χ0) is 11.4. The van der Waals surface area contributed by atoms with Gasteiger partial charge in [-0.05, 0) is 24.9 Å². The van der Waals surface area contributed by atoms with Crippen molar-refractivity contribution in [3.8, 4) is 0 Å². The number of aromatic nitrogens is 2. The van der Waals surface area contributed by atoms with Gasteiger partial charge in [-0.2, -0.15) is 5.10 Å². The molecule has 16 heavy (non-hydrogen) atoms. The summed E-state index contributed by atoms with van der Waals surface area (Å²) in [5.74, 6) is 0.608. The number of rotatable bonds is 3. The lowest BCUT2D eigenvalue weighted by atomic mass is 9.95. The van der Waals surface area contributed by atoms with Gasteiger partial charge in [0.05, 0.1) is 6.42 Å². The lowest BCUT2D eigenvalue weighted by molar-refractivity contribution is -0.121. The minimum Gasteiger partial charge on any atom is -0.351 e. The second-order valence-corrected chi connectivity index (χ2v) is 4.40. The highest BCUT2D eigenvalue weighted by molar-refractivity contribution is 5.78. The number of nitrogens with zero attached hydrogens (tertiary/aromatic N) is 1. The zero-order valence-electron chi connectivity index (χ0n) is 9.49. The Morgan fingerprint density at radius 1 is 1.69 bits per heavy atom. The maximum absolute atomic E-state index is 11.7. The highest BCUT2D eigenvalue weighted by Gasteiger charge is 2.22. The molecule has 5 heteroatoms. The number of carbonyl (C=O) groups excluding carboxylic acids is 1. The van der Waals surface area contributed by atoms with E-state index in [2.05, 4.69) is 27.8 Å². The summed E-state index contributed by atoms with van der Waals surface area (Å²) in [5, 5.41) is 13.0. The number of hydrogen-bond donors (Lipinski definition) is 3. The Morgan fingerprint density at radius 2 is 2.56 bits per heavy atom. The van der Waals surface area contributed by atoms with Gasteiger partial charge in [-0.3, -0.25) is 9.89 Å². The van der Waals surface area contributed by atoms with Crippen molar-refractivity contribution in [2.45, 2.75) is 25.8 Å². The monoisotopic (exact) mass is 222 g/mol. The number of aromatic amines is 1. The summed E-state index contributed by atoms with van der Waals surface area (Å²) in [5.41, 5.74) is 0.855. The van der Waals surface area contributed by atoms with Crippen molar-refractivity contribution in [1.82, 2.24) is 20.8 Å². The van der Waals surface area contributed by atoms with Gasteiger partial charge in [0, 0.05) is 24.5 Å². The molecule has 1 aromatic rings. The average Bonchev–Trinajstić information content (AvgIpc) is 2.74. The number of hydrogen-bond acceptors (Lipinski definition) is 3. The Bertz CT molecular complexity index is 336. The van der Waals surface area contributed by atoms with Crippen molar-refractivity contribution in [2.75, 3.05) is 13.1 Å². The third-order valence-corrected chi connectivity index (χ3v) is 3.08. The van der Waals surface area contributed by atoms with Gasteiger partial charge in [0.1, 0.15) is 0 Å². The van der Waals surface area contributed by atoms with Crippen LogP contribution >= 0.6 is 0 Å². The number of amides is 1. The molecule has 0 aliphatic carbocycles. The summed E-state index contributed by atoms with van der Waals surface area (Å²) in [6.07, 6.45) is 3.16. The zero-order valence-corrected chi connectivity index (χ0v) is 9.49. The molecule has 1 aliphatic rings. The Labute approximate surface area is 95.0 Å². The minimum atomic E-state index is 0.0600. The second-order valence-electron chi connectivity index (χ2n) is 4.40. The summed E-state index contributed by atoms with van der Waals surface area (Å²) in [4.78, 5) is 11.7. The van der Waals surface area contributed by atoms with Crippen LogP contribution in [0.2, 0.25) is 0 Å². The van der Waals surface area contributed by atoms with Crippen LogP contribution in [-0.4, -0.2) is 35.2 Å². The van der Waals surface area contributed by atoms with E-state index < -0.39 is 0 Å². The lowest BCUT2D eigenvalue weighted by Gasteiger charge is -2.30.